The first-order valence-corrected chi connectivity index (χ1v) is 17.9. The fraction of sp³-hybridized carbons (Fsp3) is 0.389. The summed E-state index contributed by atoms with van der Waals surface area (Å²) in [6.45, 7) is 0. The summed E-state index contributed by atoms with van der Waals surface area (Å²) in [5.41, 5.74) is 5.87. The van der Waals surface area contributed by atoms with E-state index < -0.39 is 0 Å². The second-order valence-corrected chi connectivity index (χ2v) is 13.3. The standard InChI is InChI=1S/C36H40N4O2S2/c1-43-33-16-6-25(7-17-33)22-31(41)14-10-29-12-20-35(39-37-29)27-4-3-5-28(24-27)36-21-13-30(38-40-36)11-15-32(42)23-26-8-18-34(44-2)19-9-26/h6-9,12-13,16-21,27-28H,3-5,10-11,14-15,22-24H2,1-2H3. The van der Waals surface area contributed by atoms with Crippen molar-refractivity contribution in [3.8, 4) is 0 Å². The van der Waals surface area contributed by atoms with Gasteiger partial charge in [-0.05, 0) is 104 Å². The molecule has 44 heavy (non-hydrogen) atoms. The number of benzene rings is 2. The van der Waals surface area contributed by atoms with Crippen molar-refractivity contribution in [1.82, 2.24) is 20.4 Å². The number of thioether (sulfide) groups is 2. The number of hydrogen-bond donors (Lipinski definition) is 0. The van der Waals surface area contributed by atoms with Gasteiger partial charge in [-0.1, -0.05) is 30.7 Å². The minimum atomic E-state index is 0.221. The van der Waals surface area contributed by atoms with Crippen LogP contribution in [0.1, 0.15) is 84.3 Å². The predicted molar refractivity (Wildman–Crippen MR) is 179 cm³/mol. The Kier molecular flexibility index (Phi) is 11.7. The van der Waals surface area contributed by atoms with Crippen molar-refractivity contribution < 1.29 is 9.59 Å². The number of carbonyl (C=O) groups is 2. The molecule has 2 aromatic carbocycles. The van der Waals surface area contributed by atoms with Gasteiger partial charge in [0.1, 0.15) is 11.6 Å². The third-order valence-electron chi connectivity index (χ3n) is 8.43. The van der Waals surface area contributed by atoms with Gasteiger partial charge in [0.25, 0.3) is 0 Å². The van der Waals surface area contributed by atoms with E-state index >= 15 is 0 Å². The van der Waals surface area contributed by atoms with Crippen molar-refractivity contribution in [2.75, 3.05) is 12.5 Å². The summed E-state index contributed by atoms with van der Waals surface area (Å²) in [4.78, 5) is 27.4. The molecule has 0 bridgehead atoms. The molecule has 4 aromatic rings. The summed E-state index contributed by atoms with van der Waals surface area (Å²) in [5.74, 6) is 1.12. The van der Waals surface area contributed by atoms with E-state index in [1.165, 1.54) is 9.79 Å². The Morgan fingerprint density at radius 1 is 0.614 bits per heavy atom. The molecule has 1 aliphatic carbocycles. The van der Waals surface area contributed by atoms with Gasteiger partial charge in [0.05, 0.1) is 22.8 Å². The zero-order chi connectivity index (χ0) is 30.7. The van der Waals surface area contributed by atoms with E-state index in [1.807, 2.05) is 48.9 Å². The van der Waals surface area contributed by atoms with Crippen molar-refractivity contribution in [3.05, 3.63) is 107 Å². The fourth-order valence-electron chi connectivity index (χ4n) is 5.82. The van der Waals surface area contributed by atoms with Gasteiger partial charge in [0.15, 0.2) is 0 Å². The third kappa shape index (κ3) is 9.32. The van der Waals surface area contributed by atoms with Gasteiger partial charge in [0.2, 0.25) is 0 Å². The lowest BCUT2D eigenvalue weighted by Crippen LogP contribution is -2.16. The third-order valence-corrected chi connectivity index (χ3v) is 9.92. The highest BCUT2D eigenvalue weighted by atomic mass is 32.2. The van der Waals surface area contributed by atoms with Crippen molar-refractivity contribution in [2.24, 2.45) is 0 Å². The van der Waals surface area contributed by atoms with Crippen LogP contribution in [0.15, 0.2) is 82.6 Å². The number of ketones is 2. The fourth-order valence-corrected chi connectivity index (χ4v) is 6.64. The number of carbonyl (C=O) groups excluding carboxylic acids is 2. The van der Waals surface area contributed by atoms with E-state index in [0.29, 0.717) is 50.4 Å². The lowest BCUT2D eigenvalue weighted by Gasteiger charge is -2.28. The van der Waals surface area contributed by atoms with Gasteiger partial charge in [-0.3, -0.25) is 9.59 Å². The van der Waals surface area contributed by atoms with Crippen LogP contribution in [-0.4, -0.2) is 44.5 Å². The Morgan fingerprint density at radius 2 is 1.05 bits per heavy atom. The van der Waals surface area contributed by atoms with Gasteiger partial charge in [-0.25, -0.2) is 0 Å². The van der Waals surface area contributed by atoms with Crippen molar-refractivity contribution >= 4 is 35.1 Å². The molecule has 0 amide bonds. The molecule has 1 saturated carbocycles. The van der Waals surface area contributed by atoms with E-state index in [2.05, 4.69) is 56.8 Å². The van der Waals surface area contributed by atoms with E-state index in [1.54, 1.807) is 23.5 Å². The molecular formula is C36H40N4O2S2. The Hall–Kier alpha value is -3.36. The monoisotopic (exact) mass is 624 g/mol. The molecule has 0 aliphatic heterocycles. The Bertz CT molecular complexity index is 1390. The lowest BCUT2D eigenvalue weighted by molar-refractivity contribution is -0.119. The average molecular weight is 625 g/mol. The molecule has 0 saturated heterocycles. The quantitative estimate of drug-likeness (QED) is 0.132. The maximum atomic E-state index is 12.5. The minimum Gasteiger partial charge on any atom is -0.299 e. The molecule has 0 spiro atoms. The number of aryl methyl sites for hydroxylation is 2. The maximum Gasteiger partial charge on any atom is 0.137 e. The smallest absolute Gasteiger partial charge is 0.137 e. The van der Waals surface area contributed by atoms with Gasteiger partial charge >= 0.3 is 0 Å². The second kappa shape index (κ2) is 16.1. The highest BCUT2D eigenvalue weighted by molar-refractivity contribution is 7.98. The van der Waals surface area contributed by atoms with Gasteiger partial charge in [-0.2, -0.15) is 20.4 Å². The first-order chi connectivity index (χ1) is 21.5. The van der Waals surface area contributed by atoms with E-state index in [9.17, 15) is 9.59 Å². The molecule has 5 rings (SSSR count). The summed E-state index contributed by atoms with van der Waals surface area (Å²) in [6.07, 6.45) is 11.4. The molecule has 228 valence electrons. The Morgan fingerprint density at radius 3 is 1.41 bits per heavy atom. The molecule has 6 nitrogen and oxygen atoms in total. The van der Waals surface area contributed by atoms with Crippen LogP contribution in [0.5, 0.6) is 0 Å². The largest absolute Gasteiger partial charge is 0.299 e. The number of Topliss-reactive ketones (excluding diaryl/α,β-unsaturated/α-hetero) is 2. The molecule has 2 aromatic heterocycles. The Labute approximate surface area is 269 Å². The van der Waals surface area contributed by atoms with E-state index in [0.717, 1.165) is 59.6 Å². The second-order valence-electron chi connectivity index (χ2n) is 11.6. The molecule has 0 N–H and O–H groups in total. The minimum absolute atomic E-state index is 0.221. The normalized spacial score (nSPS) is 16.5. The maximum absolute atomic E-state index is 12.5. The van der Waals surface area contributed by atoms with E-state index in [4.69, 9.17) is 0 Å². The SMILES string of the molecule is CSc1ccc(CC(=O)CCc2ccc(C3CCCC(c4ccc(CCC(=O)Cc5ccc(SC)cc5)nn4)C3)nn2)cc1. The predicted octanol–water partition coefficient (Wildman–Crippen LogP) is 7.64. The van der Waals surface area contributed by atoms with Crippen molar-refractivity contribution in [3.63, 3.8) is 0 Å². The molecule has 1 aliphatic rings. The molecular weight excluding hydrogens is 585 g/mol. The average Bonchev–Trinajstić information content (AvgIpc) is 3.07. The first-order valence-electron chi connectivity index (χ1n) is 15.4. The lowest BCUT2D eigenvalue weighted by atomic mass is 9.78. The number of hydrogen-bond acceptors (Lipinski definition) is 8. The Balaban J connectivity index is 1.07. The molecule has 2 heterocycles. The van der Waals surface area contributed by atoms with Crippen LogP contribution in [-0.2, 0) is 35.3 Å². The van der Waals surface area contributed by atoms with Crippen LogP contribution in [0.2, 0.25) is 0 Å². The van der Waals surface area contributed by atoms with E-state index in [-0.39, 0.29) is 11.6 Å². The van der Waals surface area contributed by atoms with Crippen LogP contribution in [0.4, 0.5) is 0 Å². The van der Waals surface area contributed by atoms with Crippen LogP contribution >= 0.6 is 23.5 Å². The van der Waals surface area contributed by atoms with Crippen LogP contribution in [0, 0.1) is 0 Å². The number of aromatic nitrogens is 4. The molecule has 8 heteroatoms. The van der Waals surface area contributed by atoms with Gasteiger partial charge in [-0.15, -0.1) is 23.5 Å². The summed E-state index contributed by atoms with van der Waals surface area (Å²) in [7, 11) is 0. The van der Waals surface area contributed by atoms with Gasteiger partial charge in [0, 0.05) is 47.3 Å². The molecule has 0 radical (unpaired) electrons. The summed E-state index contributed by atoms with van der Waals surface area (Å²) < 4.78 is 0. The molecule has 1 fully saturated rings. The number of nitrogens with zero attached hydrogens (tertiary/aromatic N) is 4. The van der Waals surface area contributed by atoms with Crippen LogP contribution in [0.25, 0.3) is 0 Å². The first kappa shape index (κ1) is 32.0. The summed E-state index contributed by atoms with van der Waals surface area (Å²) in [5, 5.41) is 18.1. The molecule has 2 unspecified atom stereocenters. The number of rotatable bonds is 14. The van der Waals surface area contributed by atoms with Gasteiger partial charge < -0.3 is 0 Å². The zero-order valence-electron chi connectivity index (χ0n) is 25.6. The zero-order valence-corrected chi connectivity index (χ0v) is 27.2. The highest BCUT2D eigenvalue weighted by Gasteiger charge is 2.27. The topological polar surface area (TPSA) is 85.7 Å². The van der Waals surface area contributed by atoms with Crippen LogP contribution < -0.4 is 0 Å². The summed E-state index contributed by atoms with van der Waals surface area (Å²) in [6, 6.07) is 24.6. The van der Waals surface area contributed by atoms with Crippen molar-refractivity contribution in [1.29, 1.82) is 0 Å². The molecule has 2 atom stereocenters. The van der Waals surface area contributed by atoms with Crippen molar-refractivity contribution in [2.45, 2.75) is 85.8 Å². The highest BCUT2D eigenvalue weighted by Crippen LogP contribution is 2.39. The van der Waals surface area contributed by atoms with Crippen LogP contribution in [0.3, 0.4) is 0 Å². The summed E-state index contributed by atoms with van der Waals surface area (Å²) >= 11 is 3.40.